The number of fused-ring (bicyclic) bond motifs is 1. The Kier molecular flexibility index (Phi) is 3.74. The summed E-state index contributed by atoms with van der Waals surface area (Å²) in [5.41, 5.74) is 0.729. The van der Waals surface area contributed by atoms with Gasteiger partial charge in [0.1, 0.15) is 0 Å². The standard InChI is InChI=1S/C12H15N5O2/c1-9(18)16(2)8-12(19)13-7-11-15-14-10-5-3-4-6-17(10)11/h3-6H,7-8H2,1-2H3,(H,13,19). The van der Waals surface area contributed by atoms with Crippen molar-refractivity contribution in [3.05, 3.63) is 30.2 Å². The third-order valence-corrected chi connectivity index (χ3v) is 2.75. The number of carbonyl (C=O) groups is 2. The van der Waals surface area contributed by atoms with Crippen molar-refractivity contribution in [1.29, 1.82) is 0 Å². The summed E-state index contributed by atoms with van der Waals surface area (Å²) in [4.78, 5) is 24.0. The summed E-state index contributed by atoms with van der Waals surface area (Å²) in [7, 11) is 1.58. The van der Waals surface area contributed by atoms with Crippen LogP contribution in [0, 0.1) is 0 Å². The first-order valence-electron chi connectivity index (χ1n) is 5.85. The molecule has 0 unspecified atom stereocenters. The van der Waals surface area contributed by atoms with E-state index in [-0.39, 0.29) is 24.9 Å². The van der Waals surface area contributed by atoms with E-state index in [0.29, 0.717) is 5.82 Å². The smallest absolute Gasteiger partial charge is 0.239 e. The lowest BCUT2D eigenvalue weighted by molar-refractivity contribution is -0.133. The highest BCUT2D eigenvalue weighted by Gasteiger charge is 2.10. The molecule has 2 heterocycles. The minimum absolute atomic E-state index is 0.0338. The molecule has 0 bridgehead atoms. The van der Waals surface area contributed by atoms with Gasteiger partial charge < -0.3 is 10.2 Å². The quantitative estimate of drug-likeness (QED) is 0.828. The van der Waals surface area contributed by atoms with E-state index >= 15 is 0 Å². The van der Waals surface area contributed by atoms with Gasteiger partial charge in [-0.2, -0.15) is 0 Å². The van der Waals surface area contributed by atoms with Gasteiger partial charge in [0.15, 0.2) is 11.5 Å². The van der Waals surface area contributed by atoms with Gasteiger partial charge in [-0.05, 0) is 12.1 Å². The van der Waals surface area contributed by atoms with Crippen LogP contribution in [0.25, 0.3) is 5.65 Å². The van der Waals surface area contributed by atoms with Gasteiger partial charge in [0.25, 0.3) is 0 Å². The molecule has 19 heavy (non-hydrogen) atoms. The van der Waals surface area contributed by atoms with Crippen molar-refractivity contribution in [1.82, 2.24) is 24.8 Å². The number of hydrogen-bond acceptors (Lipinski definition) is 4. The summed E-state index contributed by atoms with van der Waals surface area (Å²) in [5, 5.41) is 10.7. The monoisotopic (exact) mass is 261 g/mol. The number of carbonyl (C=O) groups excluding carboxylic acids is 2. The highest BCUT2D eigenvalue weighted by Crippen LogP contribution is 2.02. The molecule has 100 valence electrons. The van der Waals surface area contributed by atoms with Crippen LogP contribution in [0.2, 0.25) is 0 Å². The Morgan fingerprint density at radius 2 is 2.16 bits per heavy atom. The number of nitrogens with zero attached hydrogens (tertiary/aromatic N) is 4. The van der Waals surface area contributed by atoms with Crippen LogP contribution >= 0.6 is 0 Å². The molecule has 0 aromatic carbocycles. The Morgan fingerprint density at radius 1 is 1.37 bits per heavy atom. The van der Waals surface area contributed by atoms with Crippen LogP contribution in [-0.4, -0.2) is 44.9 Å². The minimum atomic E-state index is -0.231. The fourth-order valence-corrected chi connectivity index (χ4v) is 1.57. The zero-order chi connectivity index (χ0) is 13.8. The molecule has 0 radical (unpaired) electrons. The van der Waals surface area contributed by atoms with Gasteiger partial charge >= 0.3 is 0 Å². The Hall–Kier alpha value is -2.44. The molecule has 2 rings (SSSR count). The second-order valence-electron chi connectivity index (χ2n) is 4.20. The van der Waals surface area contributed by atoms with Gasteiger partial charge in [-0.15, -0.1) is 10.2 Å². The molecule has 0 aliphatic rings. The molecular formula is C12H15N5O2. The average molecular weight is 261 g/mol. The van der Waals surface area contributed by atoms with E-state index in [2.05, 4.69) is 15.5 Å². The predicted octanol–water partition coefficient (Wildman–Crippen LogP) is -0.176. The van der Waals surface area contributed by atoms with E-state index in [0.717, 1.165) is 5.65 Å². The van der Waals surface area contributed by atoms with Crippen LogP contribution in [-0.2, 0) is 16.1 Å². The van der Waals surface area contributed by atoms with Crippen LogP contribution in [0.3, 0.4) is 0 Å². The molecule has 2 aromatic heterocycles. The van der Waals surface area contributed by atoms with E-state index in [1.807, 2.05) is 24.4 Å². The van der Waals surface area contributed by atoms with Crippen molar-refractivity contribution in [3.8, 4) is 0 Å². The van der Waals surface area contributed by atoms with Gasteiger partial charge in [0.2, 0.25) is 11.8 Å². The molecule has 0 spiro atoms. The first-order valence-corrected chi connectivity index (χ1v) is 5.85. The molecule has 1 N–H and O–H groups in total. The third kappa shape index (κ3) is 3.06. The number of amides is 2. The molecule has 0 aliphatic heterocycles. The van der Waals surface area contributed by atoms with Crippen molar-refractivity contribution in [3.63, 3.8) is 0 Å². The maximum Gasteiger partial charge on any atom is 0.239 e. The minimum Gasteiger partial charge on any atom is -0.347 e. The zero-order valence-electron chi connectivity index (χ0n) is 10.8. The van der Waals surface area contributed by atoms with Gasteiger partial charge in [0, 0.05) is 20.2 Å². The van der Waals surface area contributed by atoms with Crippen molar-refractivity contribution in [2.24, 2.45) is 0 Å². The number of likely N-dealkylation sites (N-methyl/N-ethyl adjacent to an activating group) is 1. The summed E-state index contributed by atoms with van der Waals surface area (Å²) in [6, 6.07) is 5.57. The van der Waals surface area contributed by atoms with Gasteiger partial charge in [-0.3, -0.25) is 14.0 Å². The molecule has 2 aromatic rings. The zero-order valence-corrected chi connectivity index (χ0v) is 10.8. The Labute approximate surface area is 110 Å². The number of rotatable bonds is 4. The largest absolute Gasteiger partial charge is 0.347 e. The number of hydrogen-bond donors (Lipinski definition) is 1. The predicted molar refractivity (Wildman–Crippen MR) is 68.1 cm³/mol. The topological polar surface area (TPSA) is 79.6 Å². The molecule has 7 nitrogen and oxygen atoms in total. The fraction of sp³-hybridized carbons (Fsp3) is 0.333. The first-order chi connectivity index (χ1) is 9.08. The first kappa shape index (κ1) is 13.0. The third-order valence-electron chi connectivity index (χ3n) is 2.75. The van der Waals surface area contributed by atoms with Crippen molar-refractivity contribution in [2.45, 2.75) is 13.5 Å². The van der Waals surface area contributed by atoms with Crippen molar-refractivity contribution < 1.29 is 9.59 Å². The van der Waals surface area contributed by atoms with Gasteiger partial charge in [0.05, 0.1) is 13.1 Å². The second-order valence-corrected chi connectivity index (χ2v) is 4.20. The molecular weight excluding hydrogens is 246 g/mol. The van der Waals surface area contributed by atoms with Crippen LogP contribution in [0.1, 0.15) is 12.7 Å². The van der Waals surface area contributed by atoms with E-state index in [9.17, 15) is 9.59 Å². The fourth-order valence-electron chi connectivity index (χ4n) is 1.57. The highest BCUT2D eigenvalue weighted by atomic mass is 16.2. The van der Waals surface area contributed by atoms with Gasteiger partial charge in [-0.1, -0.05) is 6.07 Å². The maximum atomic E-state index is 11.6. The molecule has 2 amide bonds. The summed E-state index contributed by atoms with van der Waals surface area (Å²) in [6.45, 7) is 1.72. The Balaban J connectivity index is 1.95. The SMILES string of the molecule is CC(=O)N(C)CC(=O)NCc1nnc2ccccn12. The number of nitrogens with one attached hydrogen (secondary N) is 1. The summed E-state index contributed by atoms with van der Waals surface area (Å²) in [5.74, 6) is 0.267. The molecule has 0 saturated carbocycles. The van der Waals surface area contributed by atoms with E-state index < -0.39 is 0 Å². The molecule has 0 atom stereocenters. The highest BCUT2D eigenvalue weighted by molar-refractivity contribution is 5.83. The lowest BCUT2D eigenvalue weighted by atomic mass is 10.4. The molecule has 7 heteroatoms. The molecule has 0 saturated heterocycles. The molecule has 0 fully saturated rings. The maximum absolute atomic E-state index is 11.6. The van der Waals surface area contributed by atoms with Crippen molar-refractivity contribution >= 4 is 17.5 Å². The van der Waals surface area contributed by atoms with E-state index in [4.69, 9.17) is 0 Å². The normalized spacial score (nSPS) is 10.4. The van der Waals surface area contributed by atoms with Crippen LogP contribution in [0.4, 0.5) is 0 Å². The Morgan fingerprint density at radius 3 is 2.89 bits per heavy atom. The summed E-state index contributed by atoms with van der Waals surface area (Å²) >= 11 is 0. The van der Waals surface area contributed by atoms with Crippen molar-refractivity contribution in [2.75, 3.05) is 13.6 Å². The number of aromatic nitrogens is 3. The van der Waals surface area contributed by atoms with E-state index in [1.54, 1.807) is 11.4 Å². The van der Waals surface area contributed by atoms with Crippen LogP contribution in [0.5, 0.6) is 0 Å². The Bertz CT molecular complexity index is 607. The van der Waals surface area contributed by atoms with Gasteiger partial charge in [-0.25, -0.2) is 0 Å². The summed E-state index contributed by atoms with van der Waals surface area (Å²) < 4.78 is 1.80. The van der Waals surface area contributed by atoms with Crippen LogP contribution in [0.15, 0.2) is 24.4 Å². The lowest BCUT2D eigenvalue weighted by Crippen LogP contribution is -2.37. The summed E-state index contributed by atoms with van der Waals surface area (Å²) in [6.07, 6.45) is 1.83. The van der Waals surface area contributed by atoms with E-state index in [1.165, 1.54) is 11.8 Å². The second kappa shape index (κ2) is 5.47. The van der Waals surface area contributed by atoms with Crippen LogP contribution < -0.4 is 5.32 Å². The molecule has 0 aliphatic carbocycles. The average Bonchev–Trinajstić information content (AvgIpc) is 2.79. The lowest BCUT2D eigenvalue weighted by Gasteiger charge is -2.13. The number of pyridine rings is 1.